The van der Waals surface area contributed by atoms with Gasteiger partial charge in [0.25, 0.3) is 18.2 Å². The molecule has 1 atom stereocenters. The number of aromatic nitrogens is 6. The van der Waals surface area contributed by atoms with Gasteiger partial charge >= 0.3 is 5.69 Å². The minimum atomic E-state index is -2.87. The fraction of sp³-hybridized carbons (Fsp3) is 0.543. The molecular formula is C46H57F2N11O5. The third-order valence-electron chi connectivity index (χ3n) is 14.0. The Labute approximate surface area is 370 Å². The highest BCUT2D eigenvalue weighted by molar-refractivity contribution is 6.03. The van der Waals surface area contributed by atoms with Crippen LogP contribution in [0, 0.1) is 11.8 Å². The van der Waals surface area contributed by atoms with Crippen molar-refractivity contribution in [3.63, 3.8) is 0 Å². The van der Waals surface area contributed by atoms with E-state index < -0.39 is 24.1 Å². The van der Waals surface area contributed by atoms with Crippen LogP contribution in [0.25, 0.3) is 22.5 Å². The molecule has 4 aromatic heterocycles. The zero-order valence-electron chi connectivity index (χ0n) is 36.7. The summed E-state index contributed by atoms with van der Waals surface area (Å²) in [7, 11) is 5.44. The smallest absolute Gasteiger partial charge is 0.329 e. The zero-order chi connectivity index (χ0) is 44.6. The Morgan fingerprint density at radius 3 is 2.50 bits per heavy atom. The van der Waals surface area contributed by atoms with Crippen molar-refractivity contribution >= 4 is 40.3 Å². The first-order chi connectivity index (χ1) is 30.9. The number of para-hydroxylation sites is 1. The highest BCUT2D eigenvalue weighted by Crippen LogP contribution is 2.37. The van der Waals surface area contributed by atoms with E-state index >= 15 is 0 Å². The molecule has 4 fully saturated rings. The van der Waals surface area contributed by atoms with Gasteiger partial charge in [-0.2, -0.15) is 5.10 Å². The number of hydrogen-bond acceptors (Lipinski definition) is 11. The largest absolute Gasteiger partial charge is 0.444 e. The van der Waals surface area contributed by atoms with Crippen LogP contribution in [0.4, 0.5) is 20.3 Å². The van der Waals surface area contributed by atoms with Crippen LogP contribution in [0.3, 0.4) is 0 Å². The number of oxazole rings is 1. The molecule has 0 radical (unpaired) electrons. The SMILES string of the molecule is CN1C(=O)CCC(n2c(=O)n(C)c3c(CN4CCC(N(C)CC[C@H]5CC[C@H](n6cc(NC(=O)c7coc(-c8ccnc(NCC9CC9)c8)n7)c(C(F)F)n6)CC5)CC4)cccc32)C1=O. The second-order valence-electron chi connectivity index (χ2n) is 18.2. The van der Waals surface area contributed by atoms with Crippen LogP contribution in [0.2, 0.25) is 0 Å². The number of halogens is 2. The molecule has 4 aliphatic rings. The number of rotatable bonds is 15. The first-order valence-corrected chi connectivity index (χ1v) is 22.7. The first kappa shape index (κ1) is 43.5. The number of amides is 3. The van der Waals surface area contributed by atoms with Crippen LogP contribution in [0.15, 0.2) is 58.2 Å². The molecule has 5 aromatic rings. The Hall–Kier alpha value is -5.75. The first-order valence-electron chi connectivity index (χ1n) is 22.7. The molecule has 1 aromatic carbocycles. The lowest BCUT2D eigenvalue weighted by molar-refractivity contribution is -0.149. The fourth-order valence-electron chi connectivity index (χ4n) is 9.89. The Kier molecular flexibility index (Phi) is 12.5. The van der Waals surface area contributed by atoms with Gasteiger partial charge in [0, 0.05) is 57.6 Å². The van der Waals surface area contributed by atoms with Crippen molar-refractivity contribution in [2.24, 2.45) is 18.9 Å². The molecule has 3 amide bonds. The van der Waals surface area contributed by atoms with E-state index in [-0.39, 0.29) is 47.2 Å². The number of aryl methyl sites for hydroxylation is 1. The topological polar surface area (TPSA) is 169 Å². The molecule has 2 aliphatic heterocycles. The fourth-order valence-corrected chi connectivity index (χ4v) is 9.89. The third-order valence-corrected chi connectivity index (χ3v) is 14.0. The summed E-state index contributed by atoms with van der Waals surface area (Å²) in [6, 6.07) is 9.16. The number of nitrogens with zero attached hydrogens (tertiary/aromatic N) is 9. The normalized spacial score (nSPS) is 21.4. The zero-order valence-corrected chi connectivity index (χ0v) is 36.7. The Balaban J connectivity index is 0.741. The second kappa shape index (κ2) is 18.4. The van der Waals surface area contributed by atoms with Gasteiger partial charge in [0.1, 0.15) is 18.1 Å². The van der Waals surface area contributed by atoms with Gasteiger partial charge in [-0.05, 0) is 126 Å². The number of alkyl halides is 2. The predicted molar refractivity (Wildman–Crippen MR) is 236 cm³/mol. The number of imidazole rings is 1. The van der Waals surface area contributed by atoms with Gasteiger partial charge < -0.3 is 20.0 Å². The molecule has 16 nitrogen and oxygen atoms in total. The number of likely N-dealkylation sites (tertiary alicyclic amines) is 2. The van der Waals surface area contributed by atoms with Gasteiger partial charge in [-0.25, -0.2) is 23.5 Å². The summed E-state index contributed by atoms with van der Waals surface area (Å²) in [5.41, 5.74) is 2.46. The highest BCUT2D eigenvalue weighted by Gasteiger charge is 2.36. The number of carbonyl (C=O) groups excluding carboxylic acids is 3. The molecule has 2 saturated carbocycles. The molecule has 2 N–H and O–H groups in total. The maximum Gasteiger partial charge on any atom is 0.329 e. The van der Waals surface area contributed by atoms with E-state index in [1.165, 1.54) is 32.3 Å². The van der Waals surface area contributed by atoms with Crippen LogP contribution in [0.5, 0.6) is 0 Å². The summed E-state index contributed by atoms with van der Waals surface area (Å²) in [4.78, 5) is 66.6. The van der Waals surface area contributed by atoms with Crippen molar-refractivity contribution < 1.29 is 27.6 Å². The minimum absolute atomic E-state index is 0.0259. The van der Waals surface area contributed by atoms with Crippen molar-refractivity contribution in [3.05, 3.63) is 76.4 Å². The van der Waals surface area contributed by atoms with Crippen molar-refractivity contribution in [2.45, 2.75) is 102 Å². The maximum absolute atomic E-state index is 14.2. The summed E-state index contributed by atoms with van der Waals surface area (Å²) in [6.45, 7) is 4.38. The highest BCUT2D eigenvalue weighted by atomic mass is 19.3. The summed E-state index contributed by atoms with van der Waals surface area (Å²) in [6.07, 6.45) is 11.2. The van der Waals surface area contributed by atoms with Gasteiger partial charge in [-0.3, -0.25) is 38.0 Å². The van der Waals surface area contributed by atoms with E-state index in [0.29, 0.717) is 42.2 Å². The number of fused-ring (bicyclic) bond motifs is 1. The number of piperidine rings is 2. The van der Waals surface area contributed by atoms with E-state index in [2.05, 4.69) is 48.6 Å². The van der Waals surface area contributed by atoms with Crippen molar-refractivity contribution in [2.75, 3.05) is 50.9 Å². The molecule has 2 aliphatic carbocycles. The van der Waals surface area contributed by atoms with Crippen molar-refractivity contribution in [1.29, 1.82) is 0 Å². The molecule has 340 valence electrons. The molecule has 64 heavy (non-hydrogen) atoms. The van der Waals surface area contributed by atoms with Gasteiger partial charge in [-0.15, -0.1) is 0 Å². The van der Waals surface area contributed by atoms with E-state index in [0.717, 1.165) is 92.6 Å². The van der Waals surface area contributed by atoms with E-state index in [1.807, 2.05) is 12.1 Å². The summed E-state index contributed by atoms with van der Waals surface area (Å²) in [5.74, 6) is 0.895. The average molecular weight is 882 g/mol. The molecule has 0 bridgehead atoms. The Bertz CT molecular complexity index is 2560. The summed E-state index contributed by atoms with van der Waals surface area (Å²) in [5, 5.41) is 10.2. The molecule has 18 heteroatoms. The molecule has 6 heterocycles. The van der Waals surface area contributed by atoms with Gasteiger partial charge in [0.2, 0.25) is 11.8 Å². The number of likely N-dealkylation sites (N-methyl/N-ethyl adjacent to an activating group) is 1. The van der Waals surface area contributed by atoms with Crippen LogP contribution in [0.1, 0.15) is 111 Å². The number of nitrogens with one attached hydrogen (secondary N) is 2. The number of anilines is 2. The molecule has 0 spiro atoms. The lowest BCUT2D eigenvalue weighted by Crippen LogP contribution is -2.45. The molecule has 9 rings (SSSR count). The number of benzene rings is 1. The third kappa shape index (κ3) is 9.12. The lowest BCUT2D eigenvalue weighted by Gasteiger charge is -2.38. The second-order valence-corrected chi connectivity index (χ2v) is 18.2. The Morgan fingerprint density at radius 1 is 0.984 bits per heavy atom. The number of carbonyl (C=O) groups is 3. The van der Waals surface area contributed by atoms with Crippen molar-refractivity contribution in [1.82, 2.24) is 43.6 Å². The van der Waals surface area contributed by atoms with Crippen LogP contribution in [-0.2, 0) is 23.2 Å². The lowest BCUT2D eigenvalue weighted by atomic mass is 9.84. The van der Waals surface area contributed by atoms with E-state index in [1.54, 1.807) is 39.2 Å². The quantitative estimate of drug-likeness (QED) is 0.108. The maximum atomic E-state index is 14.2. The van der Waals surface area contributed by atoms with Crippen LogP contribution in [-0.4, -0.2) is 108 Å². The summed E-state index contributed by atoms with van der Waals surface area (Å²) < 4.78 is 38.8. The van der Waals surface area contributed by atoms with Gasteiger partial charge in [0.05, 0.1) is 22.8 Å². The van der Waals surface area contributed by atoms with Crippen molar-refractivity contribution in [3.8, 4) is 11.5 Å². The monoisotopic (exact) mass is 881 g/mol. The van der Waals surface area contributed by atoms with Crippen LogP contribution >= 0.6 is 0 Å². The number of hydrogen-bond donors (Lipinski definition) is 2. The Morgan fingerprint density at radius 2 is 1.75 bits per heavy atom. The molecule has 1 unspecified atom stereocenters. The van der Waals surface area contributed by atoms with E-state index in [4.69, 9.17) is 4.42 Å². The molecule has 2 saturated heterocycles. The number of imide groups is 1. The van der Waals surface area contributed by atoms with E-state index in [9.17, 15) is 28.0 Å². The number of pyridine rings is 1. The average Bonchev–Trinajstić information content (AvgIpc) is 3.71. The van der Waals surface area contributed by atoms with Crippen LogP contribution < -0.4 is 16.3 Å². The molecular weight excluding hydrogens is 825 g/mol. The summed E-state index contributed by atoms with van der Waals surface area (Å²) >= 11 is 0. The standard InChI is InChI=1S/C46H57F2N11O5/c1-54(32-17-21-57(22-18-32)25-31-5-4-6-36-41(31)56(3)46(63)59(36)37-13-14-39(60)55(2)45(37)62)20-16-28-9-11-33(12-10-28)58-26-34(40(53-58)42(47)48)51-43(61)35-27-64-44(52-35)30-15-19-49-38(23-30)50-24-29-7-8-29/h4-6,15,19,23,26-29,32-33,37,42H,7-14,16-18,20-22,24-25H2,1-3H3,(H,49,50)(H,51,61)/t28-,33-,37?. The van der Waals surface area contributed by atoms with Gasteiger partial charge in [-0.1, -0.05) is 12.1 Å². The minimum Gasteiger partial charge on any atom is -0.444 e. The van der Waals surface area contributed by atoms with Gasteiger partial charge in [0.15, 0.2) is 11.4 Å². The predicted octanol–water partition coefficient (Wildman–Crippen LogP) is 6.64.